The molecule has 0 amide bonds. The Hall–Kier alpha value is 0.0200. The van der Waals surface area contributed by atoms with Gasteiger partial charge in [0.05, 0.1) is 0 Å². The molecule has 0 unspecified atom stereocenters. The number of carbonyl (C=O) groups is 1. The van der Waals surface area contributed by atoms with Gasteiger partial charge < -0.3 is 0 Å². The molecule has 1 fully saturated rings. The van der Waals surface area contributed by atoms with E-state index >= 15 is 0 Å². The summed E-state index contributed by atoms with van der Waals surface area (Å²) in [6, 6.07) is 0. The van der Waals surface area contributed by atoms with Gasteiger partial charge in [0.15, 0.2) is 5.62 Å². The van der Waals surface area contributed by atoms with E-state index < -0.39 is 0 Å². The first-order chi connectivity index (χ1) is 6.15. The van der Waals surface area contributed by atoms with E-state index in [1.165, 1.54) is 31.0 Å². The number of thioether (sulfide) groups is 1. The molecule has 1 saturated carbocycles. The summed E-state index contributed by atoms with van der Waals surface area (Å²) in [5.41, 5.74) is 1.03. The molecule has 0 aromatic carbocycles. The van der Waals surface area contributed by atoms with Gasteiger partial charge in [0, 0.05) is 5.25 Å². The van der Waals surface area contributed by atoms with E-state index in [-0.39, 0.29) is 0 Å². The lowest BCUT2D eigenvalue weighted by molar-refractivity contribution is 0.245. The molecule has 0 aromatic rings. The van der Waals surface area contributed by atoms with Gasteiger partial charge in [-0.15, -0.1) is 0 Å². The van der Waals surface area contributed by atoms with Crippen molar-refractivity contribution in [3.8, 4) is 0 Å². The van der Waals surface area contributed by atoms with E-state index in [4.69, 9.17) is 0 Å². The van der Waals surface area contributed by atoms with Crippen LogP contribution in [0.3, 0.4) is 0 Å². The van der Waals surface area contributed by atoms with Gasteiger partial charge in [0.25, 0.3) is 0 Å². The zero-order valence-corrected chi connectivity index (χ0v) is 9.64. The fraction of sp³-hybridized carbons (Fsp3) is 0.909. The molecule has 0 aromatic heterocycles. The quantitative estimate of drug-likeness (QED) is 0.650. The Morgan fingerprint density at radius 1 is 1.38 bits per heavy atom. The Morgan fingerprint density at radius 2 is 2.08 bits per heavy atom. The number of hydrogen-bond donors (Lipinski definition) is 0. The lowest BCUT2D eigenvalue weighted by atomic mass is 9.77. The van der Waals surface area contributed by atoms with Crippen molar-refractivity contribution in [2.75, 3.05) is 0 Å². The number of carbonyl (C=O) groups excluding carboxylic acids is 1. The topological polar surface area (TPSA) is 17.1 Å². The van der Waals surface area contributed by atoms with E-state index in [9.17, 15) is 4.79 Å². The third-order valence-corrected chi connectivity index (χ3v) is 4.19. The summed E-state index contributed by atoms with van der Waals surface area (Å²) >= 11 is 1.51. The second-order valence-electron chi connectivity index (χ2n) is 4.60. The molecule has 76 valence electrons. The van der Waals surface area contributed by atoms with E-state index in [0.29, 0.717) is 5.25 Å². The van der Waals surface area contributed by atoms with Crippen molar-refractivity contribution in [1.29, 1.82) is 0 Å². The average molecular weight is 200 g/mol. The minimum atomic E-state index is 0.584. The van der Waals surface area contributed by atoms with Crippen molar-refractivity contribution in [2.45, 2.75) is 45.3 Å². The highest BCUT2D eigenvalue weighted by Gasteiger charge is 2.30. The normalized spacial score (nSPS) is 34.9. The highest BCUT2D eigenvalue weighted by molar-refractivity contribution is 8.12. The minimum Gasteiger partial charge on any atom is -0.291 e. The standard InChI is InChI=1S/C11H20OS/c1-8(2)10-5-4-9(3)6-11(10)13-7-12/h7-11H,4-6H2,1-3H3/t9-,10+,11+/m1/s1. The molecule has 1 rings (SSSR count). The predicted molar refractivity (Wildman–Crippen MR) is 59.5 cm³/mol. The summed E-state index contributed by atoms with van der Waals surface area (Å²) in [6.45, 7) is 6.85. The molecule has 3 atom stereocenters. The summed E-state index contributed by atoms with van der Waals surface area (Å²) < 4.78 is 0. The monoisotopic (exact) mass is 200 g/mol. The molecule has 0 spiro atoms. The lowest BCUT2D eigenvalue weighted by Gasteiger charge is -2.35. The SMILES string of the molecule is CC(C)[C@@H]1CC[C@@H](C)C[C@@H]1SC=O. The van der Waals surface area contributed by atoms with Crippen LogP contribution in [-0.2, 0) is 4.79 Å². The minimum absolute atomic E-state index is 0.584. The first-order valence-electron chi connectivity index (χ1n) is 5.24. The van der Waals surface area contributed by atoms with E-state index in [1.807, 2.05) is 0 Å². The molecule has 1 nitrogen and oxygen atoms in total. The van der Waals surface area contributed by atoms with Gasteiger partial charge >= 0.3 is 0 Å². The molecule has 0 aliphatic heterocycles. The molecule has 0 heterocycles. The van der Waals surface area contributed by atoms with Gasteiger partial charge in [0.2, 0.25) is 0 Å². The Labute approximate surface area is 85.7 Å². The van der Waals surface area contributed by atoms with Gasteiger partial charge in [-0.05, 0) is 30.6 Å². The zero-order valence-electron chi connectivity index (χ0n) is 8.82. The molecule has 0 radical (unpaired) electrons. The van der Waals surface area contributed by atoms with Crippen LogP contribution in [0.5, 0.6) is 0 Å². The highest BCUT2D eigenvalue weighted by Crippen LogP contribution is 2.39. The van der Waals surface area contributed by atoms with Crippen molar-refractivity contribution >= 4 is 17.4 Å². The van der Waals surface area contributed by atoms with Crippen molar-refractivity contribution < 1.29 is 4.79 Å². The van der Waals surface area contributed by atoms with Crippen LogP contribution in [0.15, 0.2) is 0 Å². The predicted octanol–water partition coefficient (Wildman–Crippen LogP) is 3.37. The molecule has 1 aliphatic rings. The molecular formula is C11H20OS. The smallest absolute Gasteiger partial charge is 0.176 e. The van der Waals surface area contributed by atoms with Gasteiger partial charge in [-0.25, -0.2) is 0 Å². The molecule has 0 bridgehead atoms. The maximum absolute atomic E-state index is 10.5. The summed E-state index contributed by atoms with van der Waals surface area (Å²) in [5.74, 6) is 2.30. The summed E-state index contributed by atoms with van der Waals surface area (Å²) in [6.07, 6.45) is 3.88. The van der Waals surface area contributed by atoms with E-state index in [1.54, 1.807) is 0 Å². The molecule has 0 saturated heterocycles. The van der Waals surface area contributed by atoms with Crippen molar-refractivity contribution in [3.63, 3.8) is 0 Å². The van der Waals surface area contributed by atoms with Gasteiger partial charge in [-0.1, -0.05) is 39.0 Å². The number of rotatable bonds is 3. The Kier molecular flexibility index (Phi) is 4.30. The average Bonchev–Trinajstić information content (AvgIpc) is 2.04. The molecule has 1 aliphatic carbocycles. The number of hydrogen-bond acceptors (Lipinski definition) is 2. The lowest BCUT2D eigenvalue weighted by Crippen LogP contribution is -2.29. The largest absolute Gasteiger partial charge is 0.291 e. The summed E-state index contributed by atoms with van der Waals surface area (Å²) in [7, 11) is 0. The van der Waals surface area contributed by atoms with Crippen LogP contribution in [0.25, 0.3) is 0 Å². The van der Waals surface area contributed by atoms with E-state index in [2.05, 4.69) is 20.8 Å². The Bertz CT molecular complexity index is 167. The third kappa shape index (κ3) is 3.01. The van der Waals surface area contributed by atoms with Crippen LogP contribution in [0, 0.1) is 17.8 Å². The van der Waals surface area contributed by atoms with Gasteiger partial charge in [-0.3, -0.25) is 4.79 Å². The van der Waals surface area contributed by atoms with E-state index in [0.717, 1.165) is 23.4 Å². The summed E-state index contributed by atoms with van der Waals surface area (Å²) in [4.78, 5) is 10.5. The maximum Gasteiger partial charge on any atom is 0.176 e. The van der Waals surface area contributed by atoms with Crippen LogP contribution in [-0.4, -0.2) is 10.9 Å². The van der Waals surface area contributed by atoms with Crippen molar-refractivity contribution in [2.24, 2.45) is 17.8 Å². The summed E-state index contributed by atoms with van der Waals surface area (Å²) in [5, 5.41) is 0.584. The first kappa shape index (κ1) is 11.1. The van der Waals surface area contributed by atoms with Crippen LogP contribution < -0.4 is 0 Å². The van der Waals surface area contributed by atoms with Crippen LogP contribution in [0.4, 0.5) is 0 Å². The molecule has 13 heavy (non-hydrogen) atoms. The van der Waals surface area contributed by atoms with Crippen LogP contribution >= 0.6 is 11.8 Å². The first-order valence-corrected chi connectivity index (χ1v) is 6.18. The molecule has 2 heteroatoms. The van der Waals surface area contributed by atoms with Crippen LogP contribution in [0.2, 0.25) is 0 Å². The maximum atomic E-state index is 10.5. The van der Waals surface area contributed by atoms with Crippen LogP contribution in [0.1, 0.15) is 40.0 Å². The van der Waals surface area contributed by atoms with Gasteiger partial charge in [-0.2, -0.15) is 0 Å². The highest BCUT2D eigenvalue weighted by atomic mass is 32.2. The Morgan fingerprint density at radius 3 is 2.62 bits per heavy atom. The van der Waals surface area contributed by atoms with Gasteiger partial charge in [0.1, 0.15) is 0 Å². The third-order valence-electron chi connectivity index (χ3n) is 3.19. The second-order valence-corrected chi connectivity index (χ2v) is 5.67. The fourth-order valence-corrected chi connectivity index (χ4v) is 3.58. The molecule has 0 N–H and O–H groups in total. The molecular weight excluding hydrogens is 180 g/mol. The van der Waals surface area contributed by atoms with Crippen molar-refractivity contribution in [1.82, 2.24) is 0 Å². The second kappa shape index (κ2) is 5.04. The zero-order chi connectivity index (χ0) is 9.84. The van der Waals surface area contributed by atoms with Crippen molar-refractivity contribution in [3.05, 3.63) is 0 Å². The Balaban J connectivity index is 2.54. The fourth-order valence-electron chi connectivity index (χ4n) is 2.34.